The normalized spacial score (nSPS) is 7.45. The van der Waals surface area contributed by atoms with Crippen molar-refractivity contribution in [3.8, 4) is 24.7 Å². The Labute approximate surface area is 66.9 Å². The Morgan fingerprint density at radius 1 is 1.45 bits per heavy atom. The van der Waals surface area contributed by atoms with Crippen molar-refractivity contribution in [2.45, 2.75) is 0 Å². The second-order valence-corrected chi connectivity index (χ2v) is 1.81. The van der Waals surface area contributed by atoms with Gasteiger partial charge in [0.25, 0.3) is 0 Å². The number of nitrogens with zero attached hydrogens (tertiary/aromatic N) is 1. The third kappa shape index (κ3) is 3.13. The maximum absolute atomic E-state index is 10.9. The smallest absolute Gasteiger partial charge is 0.247 e. The van der Waals surface area contributed by atoms with Crippen LogP contribution in [0, 0.1) is 24.7 Å². The van der Waals surface area contributed by atoms with Gasteiger partial charge in [-0.2, -0.15) is 0 Å². The topological polar surface area (TPSA) is 20.3 Å². The molecule has 0 unspecified atom stereocenters. The maximum Gasteiger partial charge on any atom is 0.247 e. The summed E-state index contributed by atoms with van der Waals surface area (Å²) < 4.78 is 0. The zero-order valence-corrected chi connectivity index (χ0v) is 6.21. The van der Waals surface area contributed by atoms with E-state index in [0.717, 1.165) is 0 Å². The number of terminal acetylenes is 2. The van der Waals surface area contributed by atoms with E-state index in [-0.39, 0.29) is 19.0 Å². The standard InChI is InChI=1S/C9H9NO/c1-4-7-10(8-5-2)9(11)6-3/h1-2,6H,3,7-8H2. The van der Waals surface area contributed by atoms with Gasteiger partial charge in [0, 0.05) is 0 Å². The summed E-state index contributed by atoms with van der Waals surface area (Å²) in [5.74, 6) is 4.42. The van der Waals surface area contributed by atoms with Gasteiger partial charge in [0.05, 0.1) is 13.1 Å². The van der Waals surface area contributed by atoms with E-state index in [2.05, 4.69) is 18.4 Å². The Hall–Kier alpha value is -1.67. The number of carbonyl (C=O) groups excluding carboxylic acids is 1. The van der Waals surface area contributed by atoms with E-state index in [1.165, 1.54) is 11.0 Å². The van der Waals surface area contributed by atoms with Crippen molar-refractivity contribution in [3.63, 3.8) is 0 Å². The van der Waals surface area contributed by atoms with Crippen LogP contribution < -0.4 is 0 Å². The summed E-state index contributed by atoms with van der Waals surface area (Å²) in [6.07, 6.45) is 11.2. The fourth-order valence-electron chi connectivity index (χ4n) is 0.561. The van der Waals surface area contributed by atoms with Gasteiger partial charge in [-0.15, -0.1) is 12.8 Å². The molecule has 0 heterocycles. The highest BCUT2D eigenvalue weighted by Gasteiger charge is 2.04. The van der Waals surface area contributed by atoms with E-state index in [9.17, 15) is 4.79 Å². The predicted molar refractivity (Wildman–Crippen MR) is 44.4 cm³/mol. The lowest BCUT2D eigenvalue weighted by molar-refractivity contribution is -0.124. The van der Waals surface area contributed by atoms with Crippen LogP contribution in [0.2, 0.25) is 0 Å². The van der Waals surface area contributed by atoms with Crippen LogP contribution in [0.1, 0.15) is 0 Å². The maximum atomic E-state index is 10.9. The molecule has 0 atom stereocenters. The molecule has 56 valence electrons. The van der Waals surface area contributed by atoms with Gasteiger partial charge in [0.1, 0.15) is 0 Å². The molecule has 0 aliphatic heterocycles. The number of amides is 1. The lowest BCUT2D eigenvalue weighted by atomic mass is 10.4. The summed E-state index contributed by atoms with van der Waals surface area (Å²) in [4.78, 5) is 12.3. The largest absolute Gasteiger partial charge is 0.317 e. The Morgan fingerprint density at radius 2 is 1.91 bits per heavy atom. The lowest BCUT2D eigenvalue weighted by Gasteiger charge is -2.13. The molecule has 2 heteroatoms. The van der Waals surface area contributed by atoms with Crippen LogP contribution in [0.4, 0.5) is 0 Å². The van der Waals surface area contributed by atoms with Crippen molar-refractivity contribution in [2.75, 3.05) is 13.1 Å². The summed E-state index contributed by atoms with van der Waals surface area (Å²) in [5, 5.41) is 0. The van der Waals surface area contributed by atoms with Crippen LogP contribution in [0.3, 0.4) is 0 Å². The van der Waals surface area contributed by atoms with Crippen LogP contribution in [0.25, 0.3) is 0 Å². The number of hydrogen-bond acceptors (Lipinski definition) is 1. The average molecular weight is 147 g/mol. The van der Waals surface area contributed by atoms with E-state index >= 15 is 0 Å². The van der Waals surface area contributed by atoms with Crippen molar-refractivity contribution in [1.29, 1.82) is 0 Å². The van der Waals surface area contributed by atoms with Gasteiger partial charge < -0.3 is 4.90 Å². The lowest BCUT2D eigenvalue weighted by Crippen LogP contribution is -2.29. The van der Waals surface area contributed by atoms with Gasteiger partial charge in [-0.1, -0.05) is 18.4 Å². The highest BCUT2D eigenvalue weighted by molar-refractivity contribution is 5.87. The fraction of sp³-hybridized carbons (Fsp3) is 0.222. The molecule has 0 aromatic carbocycles. The zero-order valence-electron chi connectivity index (χ0n) is 6.21. The predicted octanol–water partition coefficient (Wildman–Crippen LogP) is 0.267. The monoisotopic (exact) mass is 147 g/mol. The Kier molecular flexibility index (Phi) is 4.36. The van der Waals surface area contributed by atoms with E-state index in [0.29, 0.717) is 0 Å². The first-order valence-corrected chi connectivity index (χ1v) is 3.04. The van der Waals surface area contributed by atoms with E-state index in [4.69, 9.17) is 12.8 Å². The molecule has 0 aliphatic rings. The molecule has 0 aromatic rings. The molecule has 0 aliphatic carbocycles. The number of hydrogen-bond donors (Lipinski definition) is 0. The quantitative estimate of drug-likeness (QED) is 0.414. The molecule has 0 fully saturated rings. The molecule has 0 saturated carbocycles. The van der Waals surface area contributed by atoms with Crippen molar-refractivity contribution in [2.24, 2.45) is 0 Å². The van der Waals surface area contributed by atoms with E-state index in [1.54, 1.807) is 0 Å². The zero-order chi connectivity index (χ0) is 8.69. The molecule has 1 amide bonds. The van der Waals surface area contributed by atoms with Gasteiger partial charge in [-0.3, -0.25) is 4.79 Å². The third-order valence-corrected chi connectivity index (χ3v) is 1.05. The van der Waals surface area contributed by atoms with Crippen LogP contribution >= 0.6 is 0 Å². The minimum atomic E-state index is -0.235. The molecule has 2 nitrogen and oxygen atoms in total. The minimum absolute atomic E-state index is 0.231. The van der Waals surface area contributed by atoms with Crippen molar-refractivity contribution >= 4 is 5.91 Å². The molecule has 0 N–H and O–H groups in total. The first-order valence-electron chi connectivity index (χ1n) is 3.04. The molecule has 0 rings (SSSR count). The van der Waals surface area contributed by atoms with Gasteiger partial charge in [-0.05, 0) is 6.08 Å². The second-order valence-electron chi connectivity index (χ2n) is 1.81. The number of rotatable bonds is 3. The summed E-state index contributed by atoms with van der Waals surface area (Å²) in [6.45, 7) is 3.78. The summed E-state index contributed by atoms with van der Waals surface area (Å²) in [6, 6.07) is 0. The molecule has 0 radical (unpaired) electrons. The molecule has 0 bridgehead atoms. The summed E-state index contributed by atoms with van der Waals surface area (Å²) in [7, 11) is 0. The van der Waals surface area contributed by atoms with Crippen LogP contribution in [-0.2, 0) is 4.79 Å². The fourth-order valence-corrected chi connectivity index (χ4v) is 0.561. The first kappa shape index (κ1) is 9.33. The first-order chi connectivity index (χ1) is 5.26. The van der Waals surface area contributed by atoms with Crippen LogP contribution in [0.15, 0.2) is 12.7 Å². The van der Waals surface area contributed by atoms with Crippen molar-refractivity contribution < 1.29 is 4.79 Å². The second kappa shape index (κ2) is 5.14. The number of carbonyl (C=O) groups is 1. The summed E-state index contributed by atoms with van der Waals surface area (Å²) >= 11 is 0. The Bertz CT molecular complexity index is 213. The Balaban J connectivity index is 4.13. The molecular weight excluding hydrogens is 138 g/mol. The summed E-state index contributed by atoms with van der Waals surface area (Å²) in [5.41, 5.74) is 0. The van der Waals surface area contributed by atoms with Gasteiger partial charge in [-0.25, -0.2) is 0 Å². The van der Waals surface area contributed by atoms with Crippen LogP contribution in [0.5, 0.6) is 0 Å². The molecule has 0 aromatic heterocycles. The van der Waals surface area contributed by atoms with Crippen molar-refractivity contribution in [1.82, 2.24) is 4.90 Å². The van der Waals surface area contributed by atoms with Gasteiger partial charge in [0.15, 0.2) is 0 Å². The molecular formula is C9H9NO. The van der Waals surface area contributed by atoms with Crippen molar-refractivity contribution in [3.05, 3.63) is 12.7 Å². The molecule has 0 saturated heterocycles. The Morgan fingerprint density at radius 3 is 2.18 bits per heavy atom. The SMILES string of the molecule is C#CCN(CC#C)C(=O)C=C. The van der Waals surface area contributed by atoms with E-state index in [1.807, 2.05) is 0 Å². The van der Waals surface area contributed by atoms with Gasteiger partial charge >= 0.3 is 0 Å². The van der Waals surface area contributed by atoms with Crippen LogP contribution in [-0.4, -0.2) is 23.9 Å². The molecule has 0 spiro atoms. The average Bonchev–Trinajstić information content (AvgIpc) is 2.03. The van der Waals surface area contributed by atoms with E-state index < -0.39 is 0 Å². The highest BCUT2D eigenvalue weighted by atomic mass is 16.2. The molecule has 11 heavy (non-hydrogen) atoms. The minimum Gasteiger partial charge on any atom is -0.317 e. The third-order valence-electron chi connectivity index (χ3n) is 1.05. The van der Waals surface area contributed by atoms with Gasteiger partial charge in [0.2, 0.25) is 5.91 Å². The highest BCUT2D eigenvalue weighted by Crippen LogP contribution is 1.87.